The number of anilines is 1. The molecule has 0 unspecified atom stereocenters. The van der Waals surface area contributed by atoms with E-state index in [-0.39, 0.29) is 5.57 Å². The second-order valence-electron chi connectivity index (χ2n) is 3.91. The van der Waals surface area contributed by atoms with Gasteiger partial charge in [0.05, 0.1) is 0 Å². The number of hydrogen-bond donors (Lipinski definition) is 1. The summed E-state index contributed by atoms with van der Waals surface area (Å²) < 4.78 is 1.08. The maximum Gasteiger partial charge on any atom is 0.266 e. The van der Waals surface area contributed by atoms with E-state index in [4.69, 9.17) is 5.26 Å². The lowest BCUT2D eigenvalue weighted by atomic mass is 10.1. The van der Waals surface area contributed by atoms with Crippen molar-refractivity contribution in [2.75, 3.05) is 5.32 Å². The monoisotopic (exact) mass is 375 g/mol. The van der Waals surface area contributed by atoms with Crippen LogP contribution in [0, 0.1) is 14.9 Å². The Kier molecular flexibility index (Phi) is 4.85. The highest BCUT2D eigenvalue weighted by atomic mass is 127. The van der Waals surface area contributed by atoms with Gasteiger partial charge < -0.3 is 5.32 Å². The smallest absolute Gasteiger partial charge is 0.266 e. The largest absolute Gasteiger partial charge is 0.321 e. The molecule has 2 aromatic rings. The lowest BCUT2D eigenvalue weighted by molar-refractivity contribution is -0.112. The Bertz CT molecular complexity index is 673. The van der Waals surface area contributed by atoms with Crippen molar-refractivity contribution in [3.63, 3.8) is 0 Å². The average Bonchev–Trinajstić information content (AvgIpc) is 2.48. The third-order valence-electron chi connectivity index (χ3n) is 2.48. The SMILES string of the molecule is N#C/C(=C\c1ccncc1)C(=O)Nc1ccc(I)cc1. The Balaban J connectivity index is 2.16. The van der Waals surface area contributed by atoms with Crippen LogP contribution in [0.2, 0.25) is 0 Å². The van der Waals surface area contributed by atoms with Crippen molar-refractivity contribution in [2.45, 2.75) is 0 Å². The van der Waals surface area contributed by atoms with Crippen LogP contribution in [0.3, 0.4) is 0 Å². The van der Waals surface area contributed by atoms with Gasteiger partial charge in [-0.2, -0.15) is 5.26 Å². The predicted octanol–water partition coefficient (Wildman–Crippen LogP) is 3.23. The summed E-state index contributed by atoms with van der Waals surface area (Å²) in [6.07, 6.45) is 4.75. The number of hydrogen-bond acceptors (Lipinski definition) is 3. The molecule has 0 aliphatic rings. The van der Waals surface area contributed by atoms with Crippen LogP contribution in [-0.4, -0.2) is 10.9 Å². The summed E-state index contributed by atoms with van der Waals surface area (Å²) >= 11 is 2.18. The maximum absolute atomic E-state index is 12.0. The van der Waals surface area contributed by atoms with Crippen LogP contribution in [0.5, 0.6) is 0 Å². The van der Waals surface area contributed by atoms with Crippen molar-refractivity contribution in [3.05, 3.63) is 63.5 Å². The third kappa shape index (κ3) is 3.90. The first-order valence-corrected chi connectivity index (χ1v) is 6.85. The van der Waals surface area contributed by atoms with Gasteiger partial charge in [0.2, 0.25) is 0 Å². The highest BCUT2D eigenvalue weighted by Gasteiger charge is 2.09. The number of nitrogens with zero attached hydrogens (tertiary/aromatic N) is 2. The topological polar surface area (TPSA) is 65.8 Å². The lowest BCUT2D eigenvalue weighted by Crippen LogP contribution is -2.13. The van der Waals surface area contributed by atoms with Gasteiger partial charge in [-0.05, 0) is 70.6 Å². The van der Waals surface area contributed by atoms with Crippen molar-refractivity contribution in [3.8, 4) is 6.07 Å². The number of nitrogens with one attached hydrogen (secondary N) is 1. The zero-order valence-corrected chi connectivity index (χ0v) is 12.5. The second-order valence-corrected chi connectivity index (χ2v) is 5.16. The number of rotatable bonds is 3. The van der Waals surface area contributed by atoms with Crippen molar-refractivity contribution in [1.82, 2.24) is 4.98 Å². The zero-order valence-electron chi connectivity index (χ0n) is 10.4. The van der Waals surface area contributed by atoms with Crippen molar-refractivity contribution >= 4 is 40.3 Å². The molecule has 0 radical (unpaired) electrons. The molecule has 0 fully saturated rings. The maximum atomic E-state index is 12.0. The van der Waals surface area contributed by atoms with Gasteiger partial charge in [-0.1, -0.05) is 0 Å². The minimum atomic E-state index is -0.425. The molecular weight excluding hydrogens is 365 g/mol. The van der Waals surface area contributed by atoms with Crippen LogP contribution < -0.4 is 5.32 Å². The molecule has 4 nitrogen and oxygen atoms in total. The minimum Gasteiger partial charge on any atom is -0.321 e. The van der Waals surface area contributed by atoms with Gasteiger partial charge in [0.15, 0.2) is 0 Å². The molecule has 0 saturated heterocycles. The second kappa shape index (κ2) is 6.82. The van der Waals surface area contributed by atoms with Crippen LogP contribution in [0.25, 0.3) is 6.08 Å². The van der Waals surface area contributed by atoms with Crippen LogP contribution in [-0.2, 0) is 4.79 Å². The molecular formula is C15H10IN3O. The van der Waals surface area contributed by atoms with Crippen molar-refractivity contribution in [2.24, 2.45) is 0 Å². The number of aromatic nitrogens is 1. The molecule has 1 aromatic heterocycles. The molecule has 1 heterocycles. The molecule has 0 spiro atoms. The fourth-order valence-electron chi connectivity index (χ4n) is 1.51. The zero-order chi connectivity index (χ0) is 14.4. The first kappa shape index (κ1) is 14.2. The number of carbonyl (C=O) groups excluding carboxylic acids is 1. The van der Waals surface area contributed by atoms with E-state index in [1.165, 1.54) is 6.08 Å². The summed E-state index contributed by atoms with van der Waals surface area (Å²) in [5.41, 5.74) is 1.47. The summed E-state index contributed by atoms with van der Waals surface area (Å²) in [5.74, 6) is -0.425. The summed E-state index contributed by atoms with van der Waals surface area (Å²) in [4.78, 5) is 15.9. The van der Waals surface area contributed by atoms with E-state index in [1.807, 2.05) is 18.2 Å². The normalized spacial score (nSPS) is 10.7. The summed E-state index contributed by atoms with van der Waals surface area (Å²) in [7, 11) is 0. The van der Waals surface area contributed by atoms with Gasteiger partial charge in [-0.3, -0.25) is 9.78 Å². The molecule has 0 saturated carbocycles. The highest BCUT2D eigenvalue weighted by molar-refractivity contribution is 14.1. The number of amides is 1. The van der Waals surface area contributed by atoms with Gasteiger partial charge >= 0.3 is 0 Å². The summed E-state index contributed by atoms with van der Waals surface area (Å²) in [6, 6.07) is 12.7. The first-order valence-electron chi connectivity index (χ1n) is 5.78. The van der Waals surface area contributed by atoms with E-state index in [9.17, 15) is 4.79 Å². The van der Waals surface area contributed by atoms with Gasteiger partial charge in [0.1, 0.15) is 11.6 Å². The predicted molar refractivity (Wildman–Crippen MR) is 85.6 cm³/mol. The van der Waals surface area contributed by atoms with E-state index in [1.54, 1.807) is 36.7 Å². The molecule has 0 aliphatic heterocycles. The molecule has 1 amide bonds. The quantitative estimate of drug-likeness (QED) is 0.509. The molecule has 98 valence electrons. The number of halogens is 1. The van der Waals surface area contributed by atoms with Crippen molar-refractivity contribution in [1.29, 1.82) is 5.26 Å². The van der Waals surface area contributed by atoms with Crippen LogP contribution in [0.4, 0.5) is 5.69 Å². The molecule has 0 atom stereocenters. The number of carbonyl (C=O) groups is 1. The highest BCUT2D eigenvalue weighted by Crippen LogP contribution is 2.13. The Hall–Kier alpha value is -2.20. The Morgan fingerprint density at radius 3 is 2.45 bits per heavy atom. The Labute approximate surface area is 130 Å². The number of nitriles is 1. The fourth-order valence-corrected chi connectivity index (χ4v) is 1.87. The lowest BCUT2D eigenvalue weighted by Gasteiger charge is -2.04. The number of pyridine rings is 1. The van der Waals surface area contributed by atoms with E-state index < -0.39 is 5.91 Å². The van der Waals surface area contributed by atoms with E-state index in [2.05, 4.69) is 32.9 Å². The van der Waals surface area contributed by atoms with E-state index in [0.717, 1.165) is 9.13 Å². The molecule has 0 bridgehead atoms. The minimum absolute atomic E-state index is 0.0507. The van der Waals surface area contributed by atoms with Crippen LogP contribution in [0.15, 0.2) is 54.4 Å². The average molecular weight is 375 g/mol. The molecule has 0 aliphatic carbocycles. The van der Waals surface area contributed by atoms with Gasteiger partial charge in [0, 0.05) is 21.7 Å². The molecule has 20 heavy (non-hydrogen) atoms. The van der Waals surface area contributed by atoms with Crippen LogP contribution in [0.1, 0.15) is 5.56 Å². The van der Waals surface area contributed by atoms with Crippen molar-refractivity contribution < 1.29 is 4.79 Å². The van der Waals surface area contributed by atoms with E-state index >= 15 is 0 Å². The number of benzene rings is 1. The first-order chi connectivity index (χ1) is 9.69. The molecule has 1 N–H and O–H groups in total. The Morgan fingerprint density at radius 1 is 1.20 bits per heavy atom. The fraction of sp³-hybridized carbons (Fsp3) is 0. The van der Waals surface area contributed by atoms with Gasteiger partial charge in [-0.15, -0.1) is 0 Å². The van der Waals surface area contributed by atoms with Gasteiger partial charge in [-0.25, -0.2) is 0 Å². The Morgan fingerprint density at radius 2 is 1.85 bits per heavy atom. The summed E-state index contributed by atoms with van der Waals surface area (Å²) in [6.45, 7) is 0. The molecule has 1 aromatic carbocycles. The standard InChI is InChI=1S/C15H10IN3O/c16-13-1-3-14(4-2-13)19-15(20)12(10-17)9-11-5-7-18-8-6-11/h1-9H,(H,19,20)/b12-9+. The van der Waals surface area contributed by atoms with E-state index in [0.29, 0.717) is 5.69 Å². The van der Waals surface area contributed by atoms with Gasteiger partial charge in [0.25, 0.3) is 5.91 Å². The van der Waals surface area contributed by atoms with Crippen LogP contribution >= 0.6 is 22.6 Å². The molecule has 5 heteroatoms. The third-order valence-corrected chi connectivity index (χ3v) is 3.20. The molecule has 2 rings (SSSR count). The summed E-state index contributed by atoms with van der Waals surface area (Å²) in [5, 5.41) is 11.8.